The van der Waals surface area contributed by atoms with Crippen molar-refractivity contribution in [1.29, 1.82) is 5.26 Å². The third kappa shape index (κ3) is 6.56. The number of nitrogens with zero attached hydrogens (tertiary/aromatic N) is 1. The molecule has 0 aliphatic heterocycles. The highest BCUT2D eigenvalue weighted by Gasteiger charge is 2.20. The number of carbonyl (C=O) groups excluding carboxylic acids is 2. The third-order valence-electron chi connectivity index (χ3n) is 4.97. The fourth-order valence-electron chi connectivity index (χ4n) is 3.16. The first kappa shape index (κ1) is 20.7. The largest absolute Gasteiger partial charge is 0.451 e. The molecule has 1 aliphatic carbocycles. The minimum Gasteiger partial charge on any atom is -0.451 e. The summed E-state index contributed by atoms with van der Waals surface area (Å²) >= 11 is 0. The summed E-state index contributed by atoms with van der Waals surface area (Å²) in [7, 11) is 0. The number of nitriles is 1. The van der Waals surface area contributed by atoms with Gasteiger partial charge in [-0.1, -0.05) is 45.0 Å². The van der Waals surface area contributed by atoms with Crippen LogP contribution in [0, 0.1) is 17.2 Å². The van der Waals surface area contributed by atoms with Gasteiger partial charge in [0.1, 0.15) is 11.6 Å². The number of ether oxygens (including phenoxy) is 1. The van der Waals surface area contributed by atoms with Crippen molar-refractivity contribution in [2.75, 3.05) is 6.61 Å². The molecule has 0 heterocycles. The van der Waals surface area contributed by atoms with E-state index in [2.05, 4.69) is 26.1 Å². The average molecular weight is 368 g/mol. The molecule has 1 N–H and O–H groups in total. The summed E-state index contributed by atoms with van der Waals surface area (Å²) in [4.78, 5) is 24.1. The molecule has 144 valence electrons. The summed E-state index contributed by atoms with van der Waals surface area (Å²) in [6.07, 6.45) is 5.59. The normalized spacial score (nSPS) is 20.0. The van der Waals surface area contributed by atoms with Crippen molar-refractivity contribution in [1.82, 2.24) is 5.32 Å². The lowest BCUT2D eigenvalue weighted by atomic mass is 9.87. The molecule has 0 atom stereocenters. The Balaban J connectivity index is 1.87. The predicted molar refractivity (Wildman–Crippen MR) is 105 cm³/mol. The first-order chi connectivity index (χ1) is 12.9. The average Bonchev–Trinajstić information content (AvgIpc) is 2.66. The molecule has 0 radical (unpaired) electrons. The highest BCUT2D eigenvalue weighted by Crippen LogP contribution is 2.23. The topological polar surface area (TPSA) is 79.2 Å². The lowest BCUT2D eigenvalue weighted by Crippen LogP contribution is -2.39. The second-order valence-corrected chi connectivity index (χ2v) is 7.59. The number of amides is 1. The number of esters is 1. The molecule has 0 spiro atoms. The van der Waals surface area contributed by atoms with Gasteiger partial charge in [-0.05, 0) is 54.7 Å². The van der Waals surface area contributed by atoms with Gasteiger partial charge < -0.3 is 10.1 Å². The Morgan fingerprint density at radius 2 is 1.85 bits per heavy atom. The Morgan fingerprint density at radius 1 is 1.22 bits per heavy atom. The van der Waals surface area contributed by atoms with Crippen LogP contribution in [-0.2, 0) is 14.3 Å². The van der Waals surface area contributed by atoms with Crippen molar-refractivity contribution in [2.24, 2.45) is 5.92 Å². The van der Waals surface area contributed by atoms with Crippen LogP contribution in [0.5, 0.6) is 0 Å². The molecule has 0 aromatic heterocycles. The molecule has 5 nitrogen and oxygen atoms in total. The van der Waals surface area contributed by atoms with Gasteiger partial charge in [-0.25, -0.2) is 4.79 Å². The van der Waals surface area contributed by atoms with Gasteiger partial charge in [0.2, 0.25) is 0 Å². The minimum absolute atomic E-state index is 0.119. The van der Waals surface area contributed by atoms with E-state index in [1.54, 1.807) is 0 Å². The van der Waals surface area contributed by atoms with Gasteiger partial charge in [-0.2, -0.15) is 5.26 Å². The predicted octanol–water partition coefficient (Wildman–Crippen LogP) is 3.96. The standard InChI is InChI=1S/C22H28N2O3/c1-15(2)18-8-6-17(7-9-18)12-19(13-23)22(26)27-14-21(25)24-20-10-4-16(3)5-11-20/h6-9,12,15-16,20H,4-5,10-11,14H2,1-3H3,(H,24,25)/b19-12+. The maximum absolute atomic E-state index is 12.1. The van der Waals surface area contributed by atoms with Crippen LogP contribution in [0.15, 0.2) is 29.8 Å². The molecule has 2 rings (SSSR count). The number of nitrogens with one attached hydrogen (secondary N) is 1. The first-order valence-corrected chi connectivity index (χ1v) is 9.57. The van der Waals surface area contributed by atoms with Gasteiger partial charge in [0.05, 0.1) is 0 Å². The minimum atomic E-state index is -0.780. The maximum Gasteiger partial charge on any atom is 0.349 e. The lowest BCUT2D eigenvalue weighted by Gasteiger charge is -2.26. The Labute approximate surface area is 161 Å². The zero-order valence-corrected chi connectivity index (χ0v) is 16.3. The quantitative estimate of drug-likeness (QED) is 0.468. The molecule has 5 heteroatoms. The molecule has 1 aromatic carbocycles. The van der Waals surface area contributed by atoms with Gasteiger partial charge in [-0.15, -0.1) is 0 Å². The molecular weight excluding hydrogens is 340 g/mol. The van der Waals surface area contributed by atoms with E-state index in [4.69, 9.17) is 4.74 Å². The van der Waals surface area contributed by atoms with Gasteiger partial charge in [0.25, 0.3) is 5.91 Å². The summed E-state index contributed by atoms with van der Waals surface area (Å²) in [5.41, 5.74) is 1.81. The van der Waals surface area contributed by atoms with Crippen LogP contribution >= 0.6 is 0 Å². The molecule has 1 saturated carbocycles. The molecule has 1 amide bonds. The van der Waals surface area contributed by atoms with E-state index in [0.29, 0.717) is 11.8 Å². The van der Waals surface area contributed by atoms with Crippen molar-refractivity contribution in [2.45, 2.75) is 58.4 Å². The van der Waals surface area contributed by atoms with Crippen LogP contribution < -0.4 is 5.32 Å². The lowest BCUT2D eigenvalue weighted by molar-refractivity contribution is -0.144. The summed E-state index contributed by atoms with van der Waals surface area (Å²) < 4.78 is 5.01. The van der Waals surface area contributed by atoms with Gasteiger partial charge >= 0.3 is 5.97 Å². The zero-order valence-electron chi connectivity index (χ0n) is 16.3. The summed E-state index contributed by atoms with van der Waals surface area (Å²) in [6.45, 7) is 6.05. The molecule has 0 bridgehead atoms. The Morgan fingerprint density at radius 3 is 2.41 bits per heavy atom. The van der Waals surface area contributed by atoms with Crippen LogP contribution in [0.1, 0.15) is 63.5 Å². The molecule has 1 fully saturated rings. The van der Waals surface area contributed by atoms with Gasteiger partial charge in [0, 0.05) is 6.04 Å². The highest BCUT2D eigenvalue weighted by atomic mass is 16.5. The van der Waals surface area contributed by atoms with Crippen molar-refractivity contribution < 1.29 is 14.3 Å². The molecule has 1 aliphatic rings. The fraction of sp³-hybridized carbons (Fsp3) is 0.500. The fourth-order valence-corrected chi connectivity index (χ4v) is 3.16. The SMILES string of the molecule is CC1CCC(NC(=O)COC(=O)/C(C#N)=C/c2ccc(C(C)C)cc2)CC1. The van der Waals surface area contributed by atoms with E-state index < -0.39 is 5.97 Å². The Kier molecular flexibility index (Phi) is 7.60. The van der Waals surface area contributed by atoms with Crippen LogP contribution in [0.4, 0.5) is 0 Å². The second-order valence-electron chi connectivity index (χ2n) is 7.59. The van der Waals surface area contributed by atoms with E-state index in [1.165, 1.54) is 11.6 Å². The summed E-state index contributed by atoms with van der Waals surface area (Å²) in [5.74, 6) is 0.0163. The molecule has 27 heavy (non-hydrogen) atoms. The summed E-state index contributed by atoms with van der Waals surface area (Å²) in [5, 5.41) is 12.1. The summed E-state index contributed by atoms with van der Waals surface area (Å²) in [6, 6.07) is 9.65. The smallest absolute Gasteiger partial charge is 0.349 e. The van der Waals surface area contributed by atoms with Crippen LogP contribution in [0.3, 0.4) is 0 Å². The number of rotatable bonds is 6. The van der Waals surface area contributed by atoms with Crippen molar-refractivity contribution in [3.8, 4) is 6.07 Å². The number of hydrogen-bond donors (Lipinski definition) is 1. The second kappa shape index (κ2) is 9.91. The number of hydrogen-bond acceptors (Lipinski definition) is 4. The van der Waals surface area contributed by atoms with Gasteiger partial charge in [0.15, 0.2) is 6.61 Å². The highest BCUT2D eigenvalue weighted by molar-refractivity contribution is 5.98. The third-order valence-corrected chi connectivity index (χ3v) is 4.97. The van der Waals surface area contributed by atoms with Crippen molar-refractivity contribution in [3.05, 3.63) is 41.0 Å². The molecule has 0 saturated heterocycles. The molecular formula is C22H28N2O3. The van der Waals surface area contributed by atoms with Crippen LogP contribution in [0.25, 0.3) is 6.08 Å². The first-order valence-electron chi connectivity index (χ1n) is 9.57. The number of carbonyl (C=O) groups is 2. The Bertz CT molecular complexity index is 721. The van der Waals surface area contributed by atoms with E-state index in [0.717, 1.165) is 31.2 Å². The van der Waals surface area contributed by atoms with E-state index in [9.17, 15) is 14.9 Å². The van der Waals surface area contributed by atoms with E-state index >= 15 is 0 Å². The van der Waals surface area contributed by atoms with E-state index in [-0.39, 0.29) is 24.1 Å². The maximum atomic E-state index is 12.1. The molecule has 0 unspecified atom stereocenters. The monoisotopic (exact) mass is 368 g/mol. The van der Waals surface area contributed by atoms with Crippen molar-refractivity contribution in [3.63, 3.8) is 0 Å². The Hall–Kier alpha value is -2.61. The van der Waals surface area contributed by atoms with E-state index in [1.807, 2.05) is 30.3 Å². The zero-order chi connectivity index (χ0) is 19.8. The molecule has 1 aromatic rings. The number of benzene rings is 1. The van der Waals surface area contributed by atoms with Crippen molar-refractivity contribution >= 4 is 18.0 Å². The van der Waals surface area contributed by atoms with Crippen LogP contribution in [-0.4, -0.2) is 24.5 Å². The van der Waals surface area contributed by atoms with Gasteiger partial charge in [-0.3, -0.25) is 4.79 Å². The van der Waals surface area contributed by atoms with Crippen LogP contribution in [0.2, 0.25) is 0 Å².